The van der Waals surface area contributed by atoms with E-state index in [-0.39, 0.29) is 11.1 Å². The van der Waals surface area contributed by atoms with Crippen LogP contribution in [0.15, 0.2) is 71.6 Å². The van der Waals surface area contributed by atoms with Crippen molar-refractivity contribution >= 4 is 46.7 Å². The highest BCUT2D eigenvalue weighted by Crippen LogP contribution is 2.35. The first-order valence-electron chi connectivity index (χ1n) is 12.9. The van der Waals surface area contributed by atoms with E-state index in [0.717, 1.165) is 41.8 Å². The number of imide groups is 1. The van der Waals surface area contributed by atoms with Gasteiger partial charge in [0.1, 0.15) is 5.82 Å². The summed E-state index contributed by atoms with van der Waals surface area (Å²) in [5, 5.41) is 1.91. The van der Waals surface area contributed by atoms with Gasteiger partial charge in [0, 0.05) is 63.2 Å². The lowest BCUT2D eigenvalue weighted by atomic mass is 10.0. The summed E-state index contributed by atoms with van der Waals surface area (Å²) in [6, 6.07) is 21.4. The van der Waals surface area contributed by atoms with Gasteiger partial charge in [-0.25, -0.2) is 4.98 Å². The molecule has 1 aromatic heterocycles. The summed E-state index contributed by atoms with van der Waals surface area (Å²) < 4.78 is 0. The van der Waals surface area contributed by atoms with Crippen molar-refractivity contribution in [1.82, 2.24) is 20.2 Å². The molecule has 2 unspecified atom stereocenters. The molecule has 3 saturated heterocycles. The summed E-state index contributed by atoms with van der Waals surface area (Å²) in [5.41, 5.74) is 2.44. The molecule has 39 heavy (non-hydrogen) atoms. The minimum atomic E-state index is -0.414. The molecule has 0 bridgehead atoms. The van der Waals surface area contributed by atoms with Gasteiger partial charge >= 0.3 is 0 Å². The molecule has 3 fully saturated rings. The van der Waals surface area contributed by atoms with Crippen LogP contribution < -0.4 is 15.1 Å². The minimum Gasteiger partial charge on any atom is -0.355 e. The molecule has 2 aromatic carbocycles. The van der Waals surface area contributed by atoms with Crippen molar-refractivity contribution in [2.45, 2.75) is 6.54 Å². The molecule has 3 aliphatic heterocycles. The molecule has 0 aliphatic carbocycles. The molecule has 2 atom stereocenters. The number of carbonyl (C=O) groups is 3. The van der Waals surface area contributed by atoms with Crippen LogP contribution in [0.25, 0.3) is 6.08 Å². The quantitative estimate of drug-likeness (QED) is 0.473. The van der Waals surface area contributed by atoms with E-state index in [9.17, 15) is 14.4 Å². The predicted molar refractivity (Wildman–Crippen MR) is 151 cm³/mol. The number of nitrogens with one attached hydrogen (secondary N) is 1. The molecular weight excluding hydrogens is 512 g/mol. The van der Waals surface area contributed by atoms with Gasteiger partial charge in [-0.2, -0.15) is 4.98 Å². The summed E-state index contributed by atoms with van der Waals surface area (Å²) in [4.78, 5) is 53.0. The number of fused-ring (bicyclic) bond motifs is 1. The van der Waals surface area contributed by atoms with Gasteiger partial charge in [0.2, 0.25) is 5.95 Å². The fourth-order valence-electron chi connectivity index (χ4n) is 5.43. The Morgan fingerprint density at radius 3 is 2.31 bits per heavy atom. The van der Waals surface area contributed by atoms with Crippen molar-refractivity contribution in [2.75, 3.05) is 43.0 Å². The Hall–Kier alpha value is -4.18. The van der Waals surface area contributed by atoms with Crippen molar-refractivity contribution in [3.63, 3.8) is 0 Å². The van der Waals surface area contributed by atoms with Crippen molar-refractivity contribution in [3.8, 4) is 0 Å². The van der Waals surface area contributed by atoms with Crippen molar-refractivity contribution in [2.24, 2.45) is 11.8 Å². The average molecular weight is 541 g/mol. The molecule has 0 saturated carbocycles. The van der Waals surface area contributed by atoms with E-state index in [2.05, 4.69) is 22.3 Å². The van der Waals surface area contributed by atoms with Crippen LogP contribution in [0.4, 0.5) is 16.6 Å². The number of rotatable bonds is 6. The fourth-order valence-corrected chi connectivity index (χ4v) is 6.10. The van der Waals surface area contributed by atoms with Crippen molar-refractivity contribution in [1.29, 1.82) is 0 Å². The molecule has 6 rings (SSSR count). The van der Waals surface area contributed by atoms with Gasteiger partial charge in [0.25, 0.3) is 17.1 Å². The highest BCUT2D eigenvalue weighted by atomic mass is 32.2. The molecule has 9 nitrogen and oxygen atoms in total. The molecule has 0 spiro atoms. The van der Waals surface area contributed by atoms with E-state index in [4.69, 9.17) is 9.97 Å². The van der Waals surface area contributed by atoms with E-state index in [1.807, 2.05) is 71.4 Å². The third-order valence-corrected chi connectivity index (χ3v) is 8.18. The lowest BCUT2D eigenvalue weighted by Gasteiger charge is -2.24. The molecule has 3 amide bonds. The van der Waals surface area contributed by atoms with Crippen molar-refractivity contribution in [3.05, 3.63) is 88.5 Å². The lowest BCUT2D eigenvalue weighted by molar-refractivity contribution is -0.115. The van der Waals surface area contributed by atoms with Gasteiger partial charge < -0.3 is 14.7 Å². The van der Waals surface area contributed by atoms with Crippen LogP contribution in [-0.2, 0) is 11.3 Å². The lowest BCUT2D eigenvalue weighted by Crippen LogP contribution is -2.34. The second-order valence-electron chi connectivity index (χ2n) is 10.1. The first-order valence-corrected chi connectivity index (χ1v) is 13.7. The zero-order chi connectivity index (χ0) is 26.9. The number of amides is 3. The summed E-state index contributed by atoms with van der Waals surface area (Å²) in [6.45, 7) is 3.57. The number of nitrogens with zero attached hydrogens (tertiary/aromatic N) is 5. The standard InChI is InChI=1S/C29H28N6O3S/c1-33(14-19-8-4-2-5-9-19)25-13-23(12-24-26(36)32-29(38)39-24)30-28(31-25)35-17-21-15-34(16-22(21)18-35)27(37)20-10-6-3-7-11-20/h2-13,21-22H,14-18H2,1H3,(H,32,36,38)/b24-12-. The average Bonchev–Trinajstić information content (AvgIpc) is 3.62. The first-order chi connectivity index (χ1) is 18.9. The predicted octanol–water partition coefficient (Wildman–Crippen LogP) is 3.65. The highest BCUT2D eigenvalue weighted by Gasteiger charge is 2.42. The minimum absolute atomic E-state index is 0.0770. The van der Waals surface area contributed by atoms with Crippen LogP contribution in [0, 0.1) is 11.8 Å². The fraction of sp³-hybridized carbons (Fsp3) is 0.276. The molecule has 3 aliphatic rings. The van der Waals surface area contributed by atoms with Gasteiger partial charge in [-0.05, 0) is 35.5 Å². The van der Waals surface area contributed by atoms with Crippen LogP contribution in [-0.4, -0.2) is 65.1 Å². The van der Waals surface area contributed by atoms with Gasteiger partial charge in [-0.15, -0.1) is 0 Å². The third kappa shape index (κ3) is 5.37. The largest absolute Gasteiger partial charge is 0.355 e. The van der Waals surface area contributed by atoms with E-state index >= 15 is 0 Å². The Kier molecular flexibility index (Phi) is 6.78. The molecule has 0 radical (unpaired) electrons. The SMILES string of the molecule is CN(Cc1ccccc1)c1cc(/C=C2\SC(=O)NC2=O)nc(N2CC3CN(C(=O)c4ccccc4)CC3C2)n1. The highest BCUT2D eigenvalue weighted by molar-refractivity contribution is 8.18. The number of aromatic nitrogens is 2. The smallest absolute Gasteiger partial charge is 0.290 e. The van der Waals surface area contributed by atoms with Gasteiger partial charge in [0.05, 0.1) is 10.6 Å². The molecule has 4 heterocycles. The maximum atomic E-state index is 13.0. The number of hydrogen-bond donors (Lipinski definition) is 1. The maximum Gasteiger partial charge on any atom is 0.290 e. The van der Waals surface area contributed by atoms with E-state index in [1.165, 1.54) is 0 Å². The summed E-state index contributed by atoms with van der Waals surface area (Å²) >= 11 is 0.875. The van der Waals surface area contributed by atoms with E-state index in [0.29, 0.717) is 48.0 Å². The number of hydrogen-bond acceptors (Lipinski definition) is 8. The number of carbonyl (C=O) groups excluding carboxylic acids is 3. The Morgan fingerprint density at radius 2 is 1.67 bits per heavy atom. The molecule has 3 aromatic rings. The summed E-state index contributed by atoms with van der Waals surface area (Å²) in [6.07, 6.45) is 1.65. The number of anilines is 2. The Balaban J connectivity index is 1.23. The molecule has 198 valence electrons. The van der Waals surface area contributed by atoms with Gasteiger partial charge in [0.15, 0.2) is 0 Å². The molecule has 1 N–H and O–H groups in total. The van der Waals surface area contributed by atoms with Crippen LogP contribution in [0.1, 0.15) is 21.6 Å². The number of thioether (sulfide) groups is 1. The number of likely N-dealkylation sites (tertiary alicyclic amines) is 1. The second-order valence-corrected chi connectivity index (χ2v) is 11.2. The maximum absolute atomic E-state index is 13.0. The number of benzene rings is 2. The normalized spacial score (nSPS) is 21.4. The van der Waals surface area contributed by atoms with Crippen LogP contribution in [0.3, 0.4) is 0 Å². The van der Waals surface area contributed by atoms with Crippen molar-refractivity contribution < 1.29 is 14.4 Å². The van der Waals surface area contributed by atoms with Crippen LogP contribution in [0.5, 0.6) is 0 Å². The van der Waals surface area contributed by atoms with Gasteiger partial charge in [-0.1, -0.05) is 48.5 Å². The topological polar surface area (TPSA) is 98.7 Å². The van der Waals surface area contributed by atoms with Crippen LogP contribution >= 0.6 is 11.8 Å². The Morgan fingerprint density at radius 1 is 1.00 bits per heavy atom. The monoisotopic (exact) mass is 540 g/mol. The second kappa shape index (κ2) is 10.5. The Labute approximate surface area is 230 Å². The zero-order valence-electron chi connectivity index (χ0n) is 21.5. The molecular formula is C29H28N6O3S. The first kappa shape index (κ1) is 25.1. The zero-order valence-corrected chi connectivity index (χ0v) is 22.3. The van der Waals surface area contributed by atoms with Crippen LogP contribution in [0.2, 0.25) is 0 Å². The molecule has 10 heteroatoms. The van der Waals surface area contributed by atoms with E-state index < -0.39 is 5.91 Å². The Bertz CT molecular complexity index is 1430. The van der Waals surface area contributed by atoms with Gasteiger partial charge in [-0.3, -0.25) is 19.7 Å². The summed E-state index contributed by atoms with van der Waals surface area (Å²) in [5.74, 6) is 1.65. The summed E-state index contributed by atoms with van der Waals surface area (Å²) in [7, 11) is 1.97. The van der Waals surface area contributed by atoms with E-state index in [1.54, 1.807) is 6.08 Å². The third-order valence-electron chi connectivity index (χ3n) is 7.37.